The number of rotatable bonds is 7. The molecule has 18 heavy (non-hydrogen) atoms. The SMILES string of the molecule is CCCNCC(C)S(=O)(=O)N1C(C)CCC1CC. The largest absolute Gasteiger partial charge is 0.315 e. The van der Waals surface area contributed by atoms with Crippen molar-refractivity contribution in [1.82, 2.24) is 9.62 Å². The maximum Gasteiger partial charge on any atom is 0.218 e. The molecule has 1 aliphatic rings. The van der Waals surface area contributed by atoms with E-state index in [2.05, 4.69) is 19.2 Å². The monoisotopic (exact) mass is 276 g/mol. The van der Waals surface area contributed by atoms with Crippen molar-refractivity contribution in [2.75, 3.05) is 13.1 Å². The van der Waals surface area contributed by atoms with Crippen molar-refractivity contribution in [2.45, 2.75) is 70.7 Å². The van der Waals surface area contributed by atoms with Crippen molar-refractivity contribution < 1.29 is 8.42 Å². The standard InChI is InChI=1S/C13H28N2O2S/c1-5-9-14-10-12(4)18(16,17)15-11(3)7-8-13(15)6-2/h11-14H,5-10H2,1-4H3. The molecule has 0 amide bonds. The van der Waals surface area contributed by atoms with E-state index in [9.17, 15) is 8.42 Å². The molecule has 0 aliphatic carbocycles. The van der Waals surface area contributed by atoms with Gasteiger partial charge >= 0.3 is 0 Å². The smallest absolute Gasteiger partial charge is 0.218 e. The Labute approximate surface area is 112 Å². The van der Waals surface area contributed by atoms with E-state index in [1.54, 1.807) is 4.31 Å². The number of hydrogen-bond donors (Lipinski definition) is 1. The summed E-state index contributed by atoms with van der Waals surface area (Å²) in [6.45, 7) is 9.44. The first-order chi connectivity index (χ1) is 8.45. The molecule has 0 saturated carbocycles. The normalized spacial score (nSPS) is 27.6. The van der Waals surface area contributed by atoms with Gasteiger partial charge in [0.15, 0.2) is 0 Å². The van der Waals surface area contributed by atoms with Crippen LogP contribution in [0.25, 0.3) is 0 Å². The first-order valence-corrected chi connectivity index (χ1v) is 8.68. The fraction of sp³-hybridized carbons (Fsp3) is 1.00. The Hall–Kier alpha value is -0.130. The summed E-state index contributed by atoms with van der Waals surface area (Å²) in [4.78, 5) is 0. The quantitative estimate of drug-likeness (QED) is 0.723. The lowest BCUT2D eigenvalue weighted by Crippen LogP contribution is -2.46. The average Bonchev–Trinajstić information content (AvgIpc) is 2.71. The van der Waals surface area contributed by atoms with Gasteiger partial charge in [0, 0.05) is 18.6 Å². The first kappa shape index (κ1) is 15.9. The Morgan fingerprint density at radius 3 is 2.56 bits per heavy atom. The third-order valence-corrected chi connectivity index (χ3v) is 6.27. The first-order valence-electron chi connectivity index (χ1n) is 7.18. The number of nitrogens with zero attached hydrogens (tertiary/aromatic N) is 1. The van der Waals surface area contributed by atoms with E-state index in [0.29, 0.717) is 6.54 Å². The average molecular weight is 276 g/mol. The third-order valence-electron chi connectivity index (χ3n) is 3.84. The molecule has 3 unspecified atom stereocenters. The van der Waals surface area contributed by atoms with Gasteiger partial charge in [0.25, 0.3) is 0 Å². The molecule has 0 aromatic carbocycles. The highest BCUT2D eigenvalue weighted by Crippen LogP contribution is 2.30. The van der Waals surface area contributed by atoms with Gasteiger partial charge in [-0.15, -0.1) is 0 Å². The van der Waals surface area contributed by atoms with Gasteiger partial charge in [-0.05, 0) is 46.1 Å². The molecule has 0 bridgehead atoms. The summed E-state index contributed by atoms with van der Waals surface area (Å²) < 4.78 is 27.0. The summed E-state index contributed by atoms with van der Waals surface area (Å²) in [5.41, 5.74) is 0. The van der Waals surface area contributed by atoms with Crippen LogP contribution < -0.4 is 5.32 Å². The minimum absolute atomic E-state index is 0.161. The van der Waals surface area contributed by atoms with Crippen LogP contribution in [0, 0.1) is 0 Å². The molecule has 5 heteroatoms. The Kier molecular flexibility index (Phi) is 6.08. The van der Waals surface area contributed by atoms with Crippen LogP contribution in [-0.2, 0) is 10.0 Å². The minimum atomic E-state index is -3.16. The van der Waals surface area contributed by atoms with Crippen LogP contribution in [0.3, 0.4) is 0 Å². The number of nitrogens with one attached hydrogen (secondary N) is 1. The second kappa shape index (κ2) is 6.87. The molecular weight excluding hydrogens is 248 g/mol. The molecule has 1 heterocycles. The highest BCUT2D eigenvalue weighted by Gasteiger charge is 2.40. The molecule has 3 atom stereocenters. The zero-order valence-corrected chi connectivity index (χ0v) is 13.0. The number of hydrogen-bond acceptors (Lipinski definition) is 3. The fourth-order valence-electron chi connectivity index (χ4n) is 2.69. The maximum atomic E-state index is 12.6. The van der Waals surface area contributed by atoms with Gasteiger partial charge in [-0.2, -0.15) is 4.31 Å². The van der Waals surface area contributed by atoms with Crippen LogP contribution >= 0.6 is 0 Å². The molecular formula is C13H28N2O2S. The third kappa shape index (κ3) is 3.45. The predicted octanol–water partition coefficient (Wildman–Crippen LogP) is 1.97. The zero-order valence-electron chi connectivity index (χ0n) is 12.1. The van der Waals surface area contributed by atoms with Crippen LogP contribution in [-0.4, -0.2) is 43.1 Å². The highest BCUT2D eigenvalue weighted by atomic mass is 32.2. The Balaban J connectivity index is 2.71. The van der Waals surface area contributed by atoms with E-state index in [1.807, 2.05) is 13.8 Å². The summed E-state index contributed by atoms with van der Waals surface area (Å²) in [5.74, 6) is 0. The van der Waals surface area contributed by atoms with E-state index >= 15 is 0 Å². The van der Waals surface area contributed by atoms with Crippen LogP contribution in [0.1, 0.15) is 53.4 Å². The lowest BCUT2D eigenvalue weighted by Gasteiger charge is -2.30. The van der Waals surface area contributed by atoms with Crippen molar-refractivity contribution in [2.24, 2.45) is 0 Å². The molecule has 0 aromatic heterocycles. The maximum absolute atomic E-state index is 12.6. The van der Waals surface area contributed by atoms with Crippen molar-refractivity contribution in [1.29, 1.82) is 0 Å². The minimum Gasteiger partial charge on any atom is -0.315 e. The van der Waals surface area contributed by atoms with E-state index in [4.69, 9.17) is 0 Å². The van der Waals surface area contributed by atoms with E-state index in [1.165, 1.54) is 0 Å². The van der Waals surface area contributed by atoms with E-state index in [-0.39, 0.29) is 17.3 Å². The van der Waals surface area contributed by atoms with Crippen LogP contribution in [0.2, 0.25) is 0 Å². The van der Waals surface area contributed by atoms with Gasteiger partial charge in [-0.25, -0.2) is 8.42 Å². The summed E-state index contributed by atoms with van der Waals surface area (Å²) in [6.07, 6.45) is 3.95. The molecule has 0 radical (unpaired) electrons. The Bertz CT molecular complexity index is 343. The predicted molar refractivity (Wildman–Crippen MR) is 76.2 cm³/mol. The van der Waals surface area contributed by atoms with Crippen molar-refractivity contribution in [3.05, 3.63) is 0 Å². The van der Waals surface area contributed by atoms with Crippen molar-refractivity contribution in [3.63, 3.8) is 0 Å². The zero-order chi connectivity index (χ0) is 13.8. The fourth-order valence-corrected chi connectivity index (χ4v) is 4.71. The number of sulfonamides is 1. The van der Waals surface area contributed by atoms with Gasteiger partial charge < -0.3 is 5.32 Å². The second-order valence-electron chi connectivity index (χ2n) is 5.38. The van der Waals surface area contributed by atoms with Gasteiger partial charge in [0.2, 0.25) is 10.0 Å². The lowest BCUT2D eigenvalue weighted by molar-refractivity contribution is 0.324. The van der Waals surface area contributed by atoms with Gasteiger partial charge in [0.05, 0.1) is 5.25 Å². The Morgan fingerprint density at radius 2 is 2.00 bits per heavy atom. The molecule has 1 saturated heterocycles. The highest BCUT2D eigenvalue weighted by molar-refractivity contribution is 7.89. The molecule has 1 N–H and O–H groups in total. The van der Waals surface area contributed by atoms with Gasteiger partial charge in [0.1, 0.15) is 0 Å². The lowest BCUT2D eigenvalue weighted by atomic mass is 10.2. The van der Waals surface area contributed by atoms with Crippen molar-refractivity contribution >= 4 is 10.0 Å². The van der Waals surface area contributed by atoms with Crippen LogP contribution in [0.4, 0.5) is 0 Å². The molecule has 0 spiro atoms. The van der Waals surface area contributed by atoms with Crippen LogP contribution in [0.5, 0.6) is 0 Å². The Morgan fingerprint density at radius 1 is 1.33 bits per heavy atom. The van der Waals surface area contributed by atoms with Crippen LogP contribution in [0.15, 0.2) is 0 Å². The summed E-state index contributed by atoms with van der Waals surface area (Å²) >= 11 is 0. The molecule has 4 nitrogen and oxygen atoms in total. The van der Waals surface area contributed by atoms with Crippen molar-refractivity contribution in [3.8, 4) is 0 Å². The summed E-state index contributed by atoms with van der Waals surface area (Å²) in [7, 11) is -3.16. The molecule has 0 aromatic rings. The van der Waals surface area contributed by atoms with Gasteiger partial charge in [-0.1, -0.05) is 13.8 Å². The second-order valence-corrected chi connectivity index (χ2v) is 7.63. The van der Waals surface area contributed by atoms with E-state index < -0.39 is 10.0 Å². The topological polar surface area (TPSA) is 49.4 Å². The molecule has 108 valence electrons. The summed E-state index contributed by atoms with van der Waals surface area (Å²) in [5, 5.41) is 2.87. The molecule has 1 fully saturated rings. The van der Waals surface area contributed by atoms with E-state index in [0.717, 1.165) is 32.2 Å². The molecule has 1 rings (SSSR count). The summed E-state index contributed by atoms with van der Waals surface area (Å²) in [6, 6.07) is 0.368. The molecule has 1 aliphatic heterocycles. The van der Waals surface area contributed by atoms with Gasteiger partial charge in [-0.3, -0.25) is 0 Å².